The molecule has 2 amide bonds. The molecule has 0 saturated heterocycles. The number of amides is 2. The molecule has 3 aromatic rings. The molecule has 1 aromatic heterocycles. The van der Waals surface area contributed by atoms with Gasteiger partial charge in [-0.1, -0.05) is 80.4 Å². The van der Waals surface area contributed by atoms with Crippen LogP contribution < -0.4 is 5.32 Å². The Balaban J connectivity index is 1.47. The molecule has 4 rings (SSSR count). The summed E-state index contributed by atoms with van der Waals surface area (Å²) < 4.78 is 5.86. The van der Waals surface area contributed by atoms with Crippen LogP contribution in [0.15, 0.2) is 64.2 Å². The first-order chi connectivity index (χ1) is 18.3. The average molecular weight is 540 g/mol. The number of unbranched alkanes of at least 4 members (excludes halogenated alkanes) is 1. The number of hydrogen-bond acceptors (Lipinski definition) is 6. The Labute approximate surface area is 227 Å². The molecule has 1 aliphatic rings. The van der Waals surface area contributed by atoms with Gasteiger partial charge in [0.15, 0.2) is 11.7 Å². The number of fused-ring (bicyclic) bond motifs is 1. The van der Waals surface area contributed by atoms with Crippen molar-refractivity contribution < 1.29 is 24.2 Å². The van der Waals surface area contributed by atoms with E-state index in [4.69, 9.17) is 4.42 Å². The molecule has 204 valence electrons. The highest BCUT2D eigenvalue weighted by molar-refractivity contribution is 7.99. The molecule has 3 atom stereocenters. The molecule has 2 aromatic carbocycles. The fourth-order valence-electron chi connectivity index (χ4n) is 5.04. The summed E-state index contributed by atoms with van der Waals surface area (Å²) in [5.74, 6) is 0.0921. The van der Waals surface area contributed by atoms with Crippen molar-refractivity contribution in [2.75, 3.05) is 12.3 Å². The number of para-hydroxylation sites is 2. The summed E-state index contributed by atoms with van der Waals surface area (Å²) in [4.78, 5) is 31.5. The van der Waals surface area contributed by atoms with E-state index >= 15 is 0 Å². The van der Waals surface area contributed by atoms with Crippen LogP contribution in [0.5, 0.6) is 0 Å². The summed E-state index contributed by atoms with van der Waals surface area (Å²) in [7, 11) is 0. The SMILES string of the molecule is CCCC[C@@H](C(O)C(=O)N[C@H](C)c1ccccc1)N(CC1(CSc2nc3ccccc3o2)CCC1)C(=O)O. The number of aliphatic hydroxyl groups excluding tert-OH is 1. The Hall–Kier alpha value is -3.04. The number of carbonyl (C=O) groups is 2. The second-order valence-electron chi connectivity index (χ2n) is 10.3. The van der Waals surface area contributed by atoms with Gasteiger partial charge in [0.05, 0.1) is 12.1 Å². The van der Waals surface area contributed by atoms with Gasteiger partial charge in [0.1, 0.15) is 5.52 Å². The maximum Gasteiger partial charge on any atom is 0.407 e. The zero-order valence-electron chi connectivity index (χ0n) is 22.0. The summed E-state index contributed by atoms with van der Waals surface area (Å²) in [6, 6.07) is 15.9. The van der Waals surface area contributed by atoms with Crippen molar-refractivity contribution in [3.63, 3.8) is 0 Å². The second-order valence-corrected chi connectivity index (χ2v) is 11.2. The van der Waals surface area contributed by atoms with Gasteiger partial charge in [0, 0.05) is 12.3 Å². The number of hydrogen-bond donors (Lipinski definition) is 3. The zero-order chi connectivity index (χ0) is 27.1. The maximum absolute atomic E-state index is 13.1. The number of aromatic nitrogens is 1. The molecule has 1 fully saturated rings. The van der Waals surface area contributed by atoms with E-state index in [0.717, 1.165) is 42.3 Å². The van der Waals surface area contributed by atoms with E-state index in [-0.39, 0.29) is 18.0 Å². The lowest BCUT2D eigenvalue weighted by Gasteiger charge is -2.46. The van der Waals surface area contributed by atoms with E-state index < -0.39 is 24.1 Å². The monoisotopic (exact) mass is 539 g/mol. The highest BCUT2D eigenvalue weighted by Gasteiger charge is 2.44. The number of nitrogens with one attached hydrogen (secondary N) is 1. The number of aliphatic hydroxyl groups is 1. The van der Waals surface area contributed by atoms with Crippen LogP contribution in [0.4, 0.5) is 4.79 Å². The molecular weight excluding hydrogens is 502 g/mol. The Bertz CT molecular complexity index is 1180. The predicted octanol–water partition coefficient (Wildman–Crippen LogP) is 5.87. The number of carboxylic acid groups (broad SMARTS) is 1. The van der Waals surface area contributed by atoms with Crippen LogP contribution in [-0.4, -0.2) is 56.5 Å². The molecule has 9 heteroatoms. The van der Waals surface area contributed by atoms with Gasteiger partial charge >= 0.3 is 6.09 Å². The summed E-state index contributed by atoms with van der Waals surface area (Å²) in [5, 5.41) is 24.8. The third kappa shape index (κ3) is 6.69. The van der Waals surface area contributed by atoms with Gasteiger partial charge in [0.25, 0.3) is 11.1 Å². The largest absolute Gasteiger partial charge is 0.465 e. The van der Waals surface area contributed by atoms with E-state index in [0.29, 0.717) is 23.8 Å². The fourth-order valence-corrected chi connectivity index (χ4v) is 6.16. The van der Waals surface area contributed by atoms with E-state index in [1.165, 1.54) is 16.7 Å². The number of thioether (sulfide) groups is 1. The average Bonchev–Trinajstić information content (AvgIpc) is 3.32. The lowest BCUT2D eigenvalue weighted by molar-refractivity contribution is -0.134. The lowest BCUT2D eigenvalue weighted by Crippen LogP contribution is -2.56. The van der Waals surface area contributed by atoms with Gasteiger partial charge in [-0.2, -0.15) is 0 Å². The van der Waals surface area contributed by atoms with E-state index in [2.05, 4.69) is 10.3 Å². The van der Waals surface area contributed by atoms with Crippen molar-refractivity contribution in [1.29, 1.82) is 0 Å². The van der Waals surface area contributed by atoms with E-state index in [1.807, 2.05) is 68.4 Å². The molecule has 3 N–H and O–H groups in total. The summed E-state index contributed by atoms with van der Waals surface area (Å²) >= 11 is 1.49. The van der Waals surface area contributed by atoms with Gasteiger partial charge in [-0.05, 0) is 49.3 Å². The summed E-state index contributed by atoms with van der Waals surface area (Å²) in [6.45, 7) is 4.11. The van der Waals surface area contributed by atoms with Gasteiger partial charge in [-0.3, -0.25) is 4.79 Å². The van der Waals surface area contributed by atoms with Gasteiger partial charge in [-0.15, -0.1) is 0 Å². The molecule has 0 radical (unpaired) electrons. The Morgan fingerprint density at radius 2 is 1.87 bits per heavy atom. The fraction of sp³-hybridized carbons (Fsp3) is 0.483. The minimum atomic E-state index is -1.47. The third-order valence-corrected chi connectivity index (χ3v) is 8.67. The zero-order valence-corrected chi connectivity index (χ0v) is 22.8. The summed E-state index contributed by atoms with van der Waals surface area (Å²) in [5.41, 5.74) is 2.17. The van der Waals surface area contributed by atoms with Crippen molar-refractivity contribution in [3.05, 3.63) is 60.2 Å². The minimum Gasteiger partial charge on any atom is -0.465 e. The molecule has 8 nitrogen and oxygen atoms in total. The first-order valence-corrected chi connectivity index (χ1v) is 14.3. The quantitative estimate of drug-likeness (QED) is 0.233. The molecule has 1 heterocycles. The molecule has 1 saturated carbocycles. The van der Waals surface area contributed by atoms with Crippen molar-refractivity contribution >= 4 is 34.9 Å². The van der Waals surface area contributed by atoms with Gasteiger partial charge < -0.3 is 24.8 Å². The first kappa shape index (κ1) is 28.0. The first-order valence-electron chi connectivity index (χ1n) is 13.3. The molecule has 0 spiro atoms. The Morgan fingerprint density at radius 1 is 1.16 bits per heavy atom. The van der Waals surface area contributed by atoms with Gasteiger partial charge in [0.2, 0.25) is 0 Å². The smallest absolute Gasteiger partial charge is 0.407 e. The molecule has 38 heavy (non-hydrogen) atoms. The van der Waals surface area contributed by atoms with Crippen LogP contribution in [0.25, 0.3) is 11.1 Å². The number of carbonyl (C=O) groups excluding carboxylic acids is 1. The predicted molar refractivity (Wildman–Crippen MR) is 148 cm³/mol. The number of benzene rings is 2. The summed E-state index contributed by atoms with van der Waals surface area (Å²) in [6.07, 6.45) is 2.12. The van der Waals surface area contributed by atoms with E-state index in [9.17, 15) is 19.8 Å². The van der Waals surface area contributed by atoms with Crippen molar-refractivity contribution in [2.24, 2.45) is 5.41 Å². The van der Waals surface area contributed by atoms with Crippen molar-refractivity contribution in [1.82, 2.24) is 15.2 Å². The number of nitrogens with zero attached hydrogens (tertiary/aromatic N) is 2. The molecular formula is C29H37N3O5S. The van der Waals surface area contributed by atoms with Gasteiger partial charge in [-0.25, -0.2) is 9.78 Å². The highest BCUT2D eigenvalue weighted by atomic mass is 32.2. The molecule has 1 aliphatic carbocycles. The Morgan fingerprint density at radius 3 is 2.50 bits per heavy atom. The Kier molecular flexibility index (Phi) is 9.33. The highest BCUT2D eigenvalue weighted by Crippen LogP contribution is 2.46. The molecule has 0 bridgehead atoms. The van der Waals surface area contributed by atoms with Crippen LogP contribution in [0.1, 0.15) is 64.0 Å². The molecule has 0 aliphatic heterocycles. The number of oxazole rings is 1. The maximum atomic E-state index is 13.1. The molecule has 1 unspecified atom stereocenters. The van der Waals surface area contributed by atoms with Crippen LogP contribution in [0.2, 0.25) is 0 Å². The third-order valence-electron chi connectivity index (χ3n) is 7.49. The van der Waals surface area contributed by atoms with Crippen LogP contribution in [0, 0.1) is 5.41 Å². The minimum absolute atomic E-state index is 0.253. The second kappa shape index (κ2) is 12.7. The normalized spacial score (nSPS) is 16.8. The lowest BCUT2D eigenvalue weighted by atomic mass is 9.69. The van der Waals surface area contributed by atoms with Crippen LogP contribution >= 0.6 is 11.8 Å². The topological polar surface area (TPSA) is 116 Å². The number of rotatable bonds is 13. The van der Waals surface area contributed by atoms with Crippen LogP contribution in [-0.2, 0) is 4.79 Å². The van der Waals surface area contributed by atoms with Crippen molar-refractivity contribution in [2.45, 2.75) is 75.8 Å². The van der Waals surface area contributed by atoms with E-state index in [1.54, 1.807) is 0 Å². The standard InChI is InChI=1S/C29H37N3O5S/c1-3-4-14-23(25(33)26(34)30-20(2)21-11-6-5-7-12-21)32(28(35)36)18-29(16-10-17-29)19-38-27-31-22-13-8-9-15-24(22)37-27/h5-9,11-13,15,20,23,25,33H,3-4,10,14,16-19H2,1-2H3,(H,30,34)(H,35,36)/t20-,23+,25?/m1/s1. The van der Waals surface area contributed by atoms with Crippen molar-refractivity contribution in [3.8, 4) is 0 Å². The van der Waals surface area contributed by atoms with Crippen LogP contribution in [0.3, 0.4) is 0 Å².